The number of nitrogens with zero attached hydrogens (tertiary/aromatic N) is 1. The maximum atomic E-state index is 11.8. The number of aliphatic hydroxyl groups is 3. The standard InChI is InChI=1S/C10H12F3NO4/c11-10(12,13)5-18-8-2-1-6(3-14-8)9(17)7(16)4-15/h1-3,7,9,15-17H,4-5H2. The molecule has 0 aliphatic rings. The fourth-order valence-corrected chi connectivity index (χ4v) is 1.13. The van der Waals surface area contributed by atoms with Crippen LogP contribution >= 0.6 is 0 Å². The monoisotopic (exact) mass is 267 g/mol. The smallest absolute Gasteiger partial charge is 0.422 e. The summed E-state index contributed by atoms with van der Waals surface area (Å²) in [6.45, 7) is -2.10. The molecule has 0 aliphatic carbocycles. The number of aromatic nitrogens is 1. The lowest BCUT2D eigenvalue weighted by Crippen LogP contribution is -2.22. The van der Waals surface area contributed by atoms with Crippen molar-refractivity contribution in [1.29, 1.82) is 0 Å². The predicted molar refractivity (Wildman–Crippen MR) is 53.8 cm³/mol. The van der Waals surface area contributed by atoms with Crippen LogP contribution in [-0.4, -0.2) is 45.8 Å². The van der Waals surface area contributed by atoms with Gasteiger partial charge < -0.3 is 20.1 Å². The zero-order valence-corrected chi connectivity index (χ0v) is 9.13. The Morgan fingerprint density at radius 1 is 1.28 bits per heavy atom. The number of ether oxygens (including phenoxy) is 1. The normalized spacial score (nSPS) is 15.2. The third-order valence-corrected chi connectivity index (χ3v) is 2.04. The molecule has 5 nitrogen and oxygen atoms in total. The van der Waals surface area contributed by atoms with Crippen LogP contribution in [0.15, 0.2) is 18.3 Å². The van der Waals surface area contributed by atoms with E-state index >= 15 is 0 Å². The third-order valence-electron chi connectivity index (χ3n) is 2.04. The highest BCUT2D eigenvalue weighted by molar-refractivity contribution is 5.20. The van der Waals surface area contributed by atoms with Crippen molar-refractivity contribution in [2.45, 2.75) is 18.4 Å². The molecular weight excluding hydrogens is 255 g/mol. The molecule has 1 heterocycles. The van der Waals surface area contributed by atoms with E-state index < -0.39 is 31.6 Å². The van der Waals surface area contributed by atoms with E-state index in [-0.39, 0.29) is 11.4 Å². The lowest BCUT2D eigenvalue weighted by Gasteiger charge is -2.15. The van der Waals surface area contributed by atoms with Crippen molar-refractivity contribution < 1.29 is 33.2 Å². The van der Waals surface area contributed by atoms with Gasteiger partial charge in [-0.3, -0.25) is 0 Å². The molecule has 0 spiro atoms. The van der Waals surface area contributed by atoms with Crippen molar-refractivity contribution in [3.63, 3.8) is 0 Å². The summed E-state index contributed by atoms with van der Waals surface area (Å²) >= 11 is 0. The van der Waals surface area contributed by atoms with Gasteiger partial charge in [0.15, 0.2) is 6.61 Å². The third kappa shape index (κ3) is 4.47. The van der Waals surface area contributed by atoms with Crippen molar-refractivity contribution in [3.8, 4) is 5.88 Å². The van der Waals surface area contributed by atoms with E-state index in [2.05, 4.69) is 9.72 Å². The summed E-state index contributed by atoms with van der Waals surface area (Å²) in [5, 5.41) is 27.2. The summed E-state index contributed by atoms with van der Waals surface area (Å²) in [6, 6.07) is 2.39. The van der Waals surface area contributed by atoms with E-state index in [9.17, 15) is 18.3 Å². The van der Waals surface area contributed by atoms with Gasteiger partial charge in [-0.2, -0.15) is 13.2 Å². The summed E-state index contributed by atoms with van der Waals surface area (Å²) in [5.74, 6) is -0.248. The van der Waals surface area contributed by atoms with Gasteiger partial charge in [-0.15, -0.1) is 0 Å². The highest BCUT2D eigenvalue weighted by Gasteiger charge is 2.28. The molecule has 0 amide bonds. The van der Waals surface area contributed by atoms with Gasteiger partial charge in [0.1, 0.15) is 12.2 Å². The Bertz CT molecular complexity index is 368. The largest absolute Gasteiger partial charge is 0.468 e. The fourth-order valence-electron chi connectivity index (χ4n) is 1.13. The summed E-state index contributed by atoms with van der Waals surface area (Å²) in [4.78, 5) is 3.54. The van der Waals surface area contributed by atoms with Crippen LogP contribution in [0, 0.1) is 0 Å². The first-order valence-electron chi connectivity index (χ1n) is 4.96. The molecule has 0 aromatic carbocycles. The maximum Gasteiger partial charge on any atom is 0.422 e. The highest BCUT2D eigenvalue weighted by Crippen LogP contribution is 2.20. The SMILES string of the molecule is OCC(O)C(O)c1ccc(OCC(F)(F)F)nc1. The zero-order valence-electron chi connectivity index (χ0n) is 9.13. The molecule has 0 bridgehead atoms. The summed E-state index contributed by atoms with van der Waals surface area (Å²) < 4.78 is 39.9. The Morgan fingerprint density at radius 3 is 2.39 bits per heavy atom. The molecule has 0 saturated carbocycles. The van der Waals surface area contributed by atoms with Crippen LogP contribution in [-0.2, 0) is 0 Å². The molecule has 0 saturated heterocycles. The average Bonchev–Trinajstić information content (AvgIpc) is 2.34. The fraction of sp³-hybridized carbons (Fsp3) is 0.500. The van der Waals surface area contributed by atoms with E-state index in [1.54, 1.807) is 0 Å². The van der Waals surface area contributed by atoms with E-state index in [1.807, 2.05) is 0 Å². The van der Waals surface area contributed by atoms with E-state index in [4.69, 9.17) is 10.2 Å². The number of alkyl halides is 3. The quantitative estimate of drug-likeness (QED) is 0.719. The molecular formula is C10H12F3NO4. The number of pyridine rings is 1. The number of aliphatic hydroxyl groups excluding tert-OH is 3. The van der Waals surface area contributed by atoms with Crippen LogP contribution in [0.1, 0.15) is 11.7 Å². The molecule has 2 atom stereocenters. The van der Waals surface area contributed by atoms with E-state index in [0.717, 1.165) is 12.3 Å². The number of hydrogen-bond donors (Lipinski definition) is 3. The van der Waals surface area contributed by atoms with Gasteiger partial charge >= 0.3 is 6.18 Å². The molecule has 2 unspecified atom stereocenters. The van der Waals surface area contributed by atoms with Gasteiger partial charge in [-0.1, -0.05) is 0 Å². The Morgan fingerprint density at radius 2 is 1.94 bits per heavy atom. The molecule has 1 aromatic heterocycles. The van der Waals surface area contributed by atoms with E-state index in [0.29, 0.717) is 0 Å². The van der Waals surface area contributed by atoms with Crippen molar-refractivity contribution >= 4 is 0 Å². The van der Waals surface area contributed by atoms with Gasteiger partial charge in [0.25, 0.3) is 0 Å². The number of halogens is 3. The van der Waals surface area contributed by atoms with E-state index in [1.165, 1.54) is 6.07 Å². The minimum atomic E-state index is -4.45. The van der Waals surface area contributed by atoms with Gasteiger partial charge in [0.05, 0.1) is 6.61 Å². The number of hydrogen-bond acceptors (Lipinski definition) is 5. The van der Waals surface area contributed by atoms with Crippen LogP contribution < -0.4 is 4.74 Å². The second-order valence-electron chi connectivity index (χ2n) is 3.53. The first kappa shape index (κ1) is 14.7. The lowest BCUT2D eigenvalue weighted by atomic mass is 10.1. The van der Waals surface area contributed by atoms with Gasteiger partial charge in [-0.05, 0) is 6.07 Å². The van der Waals surface area contributed by atoms with Crippen LogP contribution in [0.2, 0.25) is 0 Å². The van der Waals surface area contributed by atoms with Crippen LogP contribution in [0.4, 0.5) is 13.2 Å². The van der Waals surface area contributed by atoms with Gasteiger partial charge in [0.2, 0.25) is 5.88 Å². The Hall–Kier alpha value is -1.38. The van der Waals surface area contributed by atoms with Crippen molar-refractivity contribution in [2.24, 2.45) is 0 Å². The first-order valence-corrected chi connectivity index (χ1v) is 4.96. The summed E-state index contributed by atoms with van der Waals surface area (Å²) in [5.41, 5.74) is 0.163. The van der Waals surface area contributed by atoms with Gasteiger partial charge in [0, 0.05) is 17.8 Å². The molecule has 102 valence electrons. The summed E-state index contributed by atoms with van der Waals surface area (Å²) in [6.07, 6.45) is -6.13. The Kier molecular flexibility index (Phi) is 4.88. The second-order valence-corrected chi connectivity index (χ2v) is 3.53. The van der Waals surface area contributed by atoms with Crippen LogP contribution in [0.5, 0.6) is 5.88 Å². The molecule has 1 aromatic rings. The summed E-state index contributed by atoms with van der Waals surface area (Å²) in [7, 11) is 0. The van der Waals surface area contributed by atoms with Crippen molar-refractivity contribution in [2.75, 3.05) is 13.2 Å². The molecule has 8 heteroatoms. The first-order chi connectivity index (χ1) is 8.33. The zero-order chi connectivity index (χ0) is 13.8. The topological polar surface area (TPSA) is 82.8 Å². The van der Waals surface area contributed by atoms with Crippen LogP contribution in [0.25, 0.3) is 0 Å². The second kappa shape index (κ2) is 5.98. The maximum absolute atomic E-state index is 11.8. The van der Waals surface area contributed by atoms with Crippen molar-refractivity contribution in [1.82, 2.24) is 4.98 Å². The molecule has 1 rings (SSSR count). The molecule has 0 radical (unpaired) electrons. The Labute approximate surface area is 100 Å². The Balaban J connectivity index is 2.63. The molecule has 0 fully saturated rings. The molecule has 0 aliphatic heterocycles. The van der Waals surface area contributed by atoms with Gasteiger partial charge in [-0.25, -0.2) is 4.98 Å². The van der Waals surface area contributed by atoms with Crippen LogP contribution in [0.3, 0.4) is 0 Å². The van der Waals surface area contributed by atoms with Crippen molar-refractivity contribution in [3.05, 3.63) is 23.9 Å². The average molecular weight is 267 g/mol. The predicted octanol–water partition coefficient (Wildman–Crippen LogP) is 0.409. The minimum absolute atomic E-state index is 0.163. The molecule has 18 heavy (non-hydrogen) atoms. The highest BCUT2D eigenvalue weighted by atomic mass is 19.4. The number of rotatable bonds is 5. The minimum Gasteiger partial charge on any atom is -0.468 e. The molecule has 3 N–H and O–H groups in total. The lowest BCUT2D eigenvalue weighted by molar-refractivity contribution is -0.154.